The van der Waals surface area contributed by atoms with Crippen molar-refractivity contribution in [1.29, 1.82) is 0 Å². The van der Waals surface area contributed by atoms with Gasteiger partial charge >= 0.3 is 0 Å². The van der Waals surface area contributed by atoms with Crippen molar-refractivity contribution in [2.75, 3.05) is 13.7 Å². The van der Waals surface area contributed by atoms with Crippen molar-refractivity contribution < 1.29 is 19.1 Å². The van der Waals surface area contributed by atoms with Gasteiger partial charge in [-0.15, -0.1) is 0 Å². The van der Waals surface area contributed by atoms with Crippen molar-refractivity contribution in [2.24, 2.45) is 0 Å². The third-order valence-electron chi connectivity index (χ3n) is 5.45. The number of benzene rings is 2. The molecule has 2 amide bonds. The molecule has 1 atom stereocenters. The Balaban J connectivity index is 2.24. The third-order valence-corrected chi connectivity index (χ3v) is 5.45. The van der Waals surface area contributed by atoms with Gasteiger partial charge in [0.2, 0.25) is 5.91 Å². The smallest absolute Gasteiger partial charge is 0.261 e. The van der Waals surface area contributed by atoms with E-state index in [4.69, 9.17) is 9.47 Å². The molecule has 0 saturated carbocycles. The Morgan fingerprint density at radius 3 is 2.15 bits per heavy atom. The topological polar surface area (TPSA) is 67.9 Å². The number of nitrogens with zero attached hydrogens (tertiary/aromatic N) is 1. The molecule has 0 bridgehead atoms. The van der Waals surface area contributed by atoms with Crippen LogP contribution in [0.2, 0.25) is 0 Å². The molecule has 6 nitrogen and oxygen atoms in total. The van der Waals surface area contributed by atoms with E-state index in [1.54, 1.807) is 12.0 Å². The van der Waals surface area contributed by atoms with Crippen molar-refractivity contribution in [3.63, 3.8) is 0 Å². The Hall–Kier alpha value is -3.02. The van der Waals surface area contributed by atoms with E-state index >= 15 is 0 Å². The fraction of sp³-hybridized carbons (Fsp3) is 0.500. The van der Waals surface area contributed by atoms with Crippen LogP contribution in [0.25, 0.3) is 0 Å². The van der Waals surface area contributed by atoms with Gasteiger partial charge in [-0.2, -0.15) is 0 Å². The minimum absolute atomic E-state index is 0.0383. The van der Waals surface area contributed by atoms with Crippen LogP contribution in [-0.2, 0) is 21.5 Å². The van der Waals surface area contributed by atoms with Gasteiger partial charge in [0.15, 0.2) is 6.61 Å². The molecule has 6 heteroatoms. The summed E-state index contributed by atoms with van der Waals surface area (Å²) in [6.07, 6.45) is 0.484. The normalized spacial score (nSPS) is 12.6. The summed E-state index contributed by atoms with van der Waals surface area (Å²) in [5.74, 6) is 0.890. The average molecular weight is 469 g/mol. The highest BCUT2D eigenvalue weighted by Crippen LogP contribution is 2.24. The number of methoxy groups -OCH3 is 1. The van der Waals surface area contributed by atoms with Crippen molar-refractivity contribution in [3.05, 3.63) is 59.7 Å². The molecule has 0 aliphatic rings. The number of carbonyl (C=O) groups is 2. The lowest BCUT2D eigenvalue weighted by Gasteiger charge is -2.33. The van der Waals surface area contributed by atoms with Crippen molar-refractivity contribution in [3.8, 4) is 11.5 Å². The largest absolute Gasteiger partial charge is 0.497 e. The Labute approximate surface area is 204 Å². The van der Waals surface area contributed by atoms with Crippen molar-refractivity contribution in [1.82, 2.24) is 10.2 Å². The number of rotatable bonds is 9. The predicted octanol–water partition coefficient (Wildman–Crippen LogP) is 5.09. The summed E-state index contributed by atoms with van der Waals surface area (Å²) < 4.78 is 11.2. The molecular weight excluding hydrogens is 428 g/mol. The fourth-order valence-corrected chi connectivity index (χ4v) is 3.62. The summed E-state index contributed by atoms with van der Waals surface area (Å²) in [7, 11) is 1.60. The van der Waals surface area contributed by atoms with E-state index in [9.17, 15) is 9.59 Å². The number of hydrogen-bond donors (Lipinski definition) is 1. The van der Waals surface area contributed by atoms with Crippen LogP contribution in [0, 0.1) is 0 Å². The second-order valence-electron chi connectivity index (χ2n) is 10.6. The van der Waals surface area contributed by atoms with Crippen LogP contribution in [0.15, 0.2) is 48.5 Å². The van der Waals surface area contributed by atoms with E-state index in [0.29, 0.717) is 17.9 Å². The van der Waals surface area contributed by atoms with Gasteiger partial charge in [-0.1, -0.05) is 52.0 Å². The van der Waals surface area contributed by atoms with Crippen LogP contribution in [0.3, 0.4) is 0 Å². The fourth-order valence-electron chi connectivity index (χ4n) is 3.62. The van der Waals surface area contributed by atoms with Crippen LogP contribution < -0.4 is 14.8 Å². The molecule has 0 aliphatic carbocycles. The molecule has 34 heavy (non-hydrogen) atoms. The van der Waals surface area contributed by atoms with Crippen LogP contribution in [0.5, 0.6) is 11.5 Å². The highest BCUT2D eigenvalue weighted by molar-refractivity contribution is 5.88. The van der Waals surface area contributed by atoms with Crippen molar-refractivity contribution >= 4 is 11.8 Å². The maximum absolute atomic E-state index is 13.4. The summed E-state index contributed by atoms with van der Waals surface area (Å²) in [5.41, 5.74) is 1.71. The molecule has 0 saturated heterocycles. The molecule has 0 heterocycles. The van der Waals surface area contributed by atoms with Crippen LogP contribution in [0.4, 0.5) is 0 Å². The lowest BCUT2D eigenvalue weighted by atomic mass is 9.87. The molecule has 186 valence electrons. The van der Waals surface area contributed by atoms with Gasteiger partial charge in [-0.3, -0.25) is 9.59 Å². The second kappa shape index (κ2) is 11.4. The highest BCUT2D eigenvalue weighted by Gasteiger charge is 2.31. The number of nitrogens with one attached hydrogen (secondary N) is 1. The van der Waals surface area contributed by atoms with E-state index in [1.165, 1.54) is 5.56 Å². The lowest BCUT2D eigenvalue weighted by molar-refractivity contribution is -0.143. The van der Waals surface area contributed by atoms with Crippen LogP contribution in [-0.4, -0.2) is 42.0 Å². The first-order chi connectivity index (χ1) is 15.8. The quantitative estimate of drug-likeness (QED) is 0.556. The van der Waals surface area contributed by atoms with Gasteiger partial charge in [0, 0.05) is 12.1 Å². The molecule has 0 spiro atoms. The molecule has 2 rings (SSSR count). The molecular formula is C28H40N2O4. The zero-order valence-corrected chi connectivity index (χ0v) is 21.9. The maximum Gasteiger partial charge on any atom is 0.261 e. The SMILES string of the molecule is CC[C@@H](C(=O)NC(C)(C)C)N(Cc1cccc(OC)c1)C(=O)COc1ccc(C(C)(C)C)cc1. The monoisotopic (exact) mass is 468 g/mol. The molecule has 2 aromatic rings. The Morgan fingerprint density at radius 1 is 0.971 bits per heavy atom. The Morgan fingerprint density at radius 2 is 1.62 bits per heavy atom. The summed E-state index contributed by atoms with van der Waals surface area (Å²) in [4.78, 5) is 28.0. The Bertz CT molecular complexity index is 956. The maximum atomic E-state index is 13.4. The lowest BCUT2D eigenvalue weighted by Crippen LogP contribution is -2.54. The standard InChI is InChI=1S/C28H40N2O4/c1-9-24(26(32)29-28(5,6)7)30(18-20-11-10-12-23(17-20)33-8)25(31)19-34-22-15-13-21(14-16-22)27(2,3)4/h10-17,24H,9,18-19H2,1-8H3,(H,29,32)/t24-/m0/s1. The Kier molecular flexibility index (Phi) is 9.14. The van der Waals surface area contributed by atoms with Crippen LogP contribution >= 0.6 is 0 Å². The van der Waals surface area contributed by atoms with E-state index < -0.39 is 11.6 Å². The zero-order chi connectivity index (χ0) is 25.5. The first kappa shape index (κ1) is 27.2. The van der Waals surface area contributed by atoms with Gasteiger partial charge in [0.05, 0.1) is 7.11 Å². The van der Waals surface area contributed by atoms with Gasteiger partial charge in [-0.25, -0.2) is 0 Å². The van der Waals surface area contributed by atoms with E-state index in [0.717, 1.165) is 5.56 Å². The first-order valence-electron chi connectivity index (χ1n) is 11.8. The third kappa shape index (κ3) is 8.08. The number of carbonyl (C=O) groups excluding carboxylic acids is 2. The summed E-state index contributed by atoms with van der Waals surface area (Å²) in [6, 6.07) is 14.7. The minimum Gasteiger partial charge on any atom is -0.497 e. The average Bonchev–Trinajstić information content (AvgIpc) is 2.76. The molecule has 2 aromatic carbocycles. The van der Waals surface area contributed by atoms with Gasteiger partial charge in [0.1, 0.15) is 17.5 Å². The van der Waals surface area contributed by atoms with E-state index in [-0.39, 0.29) is 30.4 Å². The van der Waals surface area contributed by atoms with E-state index in [2.05, 4.69) is 26.1 Å². The first-order valence-corrected chi connectivity index (χ1v) is 11.8. The molecule has 0 radical (unpaired) electrons. The number of hydrogen-bond acceptors (Lipinski definition) is 4. The van der Waals surface area contributed by atoms with E-state index in [1.807, 2.05) is 76.2 Å². The van der Waals surface area contributed by atoms with Crippen molar-refractivity contribution in [2.45, 2.75) is 78.4 Å². The number of ether oxygens (including phenoxy) is 2. The minimum atomic E-state index is -0.621. The highest BCUT2D eigenvalue weighted by atomic mass is 16.5. The molecule has 0 aliphatic heterocycles. The molecule has 1 N–H and O–H groups in total. The zero-order valence-electron chi connectivity index (χ0n) is 21.9. The summed E-state index contributed by atoms with van der Waals surface area (Å²) >= 11 is 0. The van der Waals surface area contributed by atoms with Gasteiger partial charge < -0.3 is 19.7 Å². The molecule has 0 fully saturated rings. The van der Waals surface area contributed by atoms with Gasteiger partial charge in [0.25, 0.3) is 5.91 Å². The number of amides is 2. The second-order valence-corrected chi connectivity index (χ2v) is 10.6. The van der Waals surface area contributed by atoms with Gasteiger partial charge in [-0.05, 0) is 68.0 Å². The molecule has 0 unspecified atom stereocenters. The van der Waals surface area contributed by atoms with Crippen LogP contribution in [0.1, 0.15) is 66.0 Å². The summed E-state index contributed by atoms with van der Waals surface area (Å²) in [5, 5.41) is 3.01. The molecule has 0 aromatic heterocycles. The predicted molar refractivity (Wildman–Crippen MR) is 136 cm³/mol. The summed E-state index contributed by atoms with van der Waals surface area (Å²) in [6.45, 7) is 14.3.